The molecular weight excluding hydrogens is 176 g/mol. The first-order chi connectivity index (χ1) is 6.71. The zero-order valence-corrected chi connectivity index (χ0v) is 8.45. The first-order valence-electron chi connectivity index (χ1n) is 5.50. The highest BCUT2D eigenvalue weighted by Gasteiger charge is 2.36. The fraction of sp³-hybridized carbons (Fsp3) is 0.667. The zero-order valence-electron chi connectivity index (χ0n) is 8.45. The maximum atomic E-state index is 10.4. The molecule has 14 heavy (non-hydrogen) atoms. The summed E-state index contributed by atoms with van der Waals surface area (Å²) in [5, 5.41) is 19.8. The van der Waals surface area contributed by atoms with E-state index in [1.54, 1.807) is 6.08 Å². The topological polar surface area (TPSA) is 40.5 Å². The third-order valence-electron chi connectivity index (χ3n) is 3.46. The summed E-state index contributed by atoms with van der Waals surface area (Å²) in [6.45, 7) is 0. The Kier molecular flexibility index (Phi) is 2.64. The van der Waals surface area contributed by atoms with Crippen LogP contribution in [0.4, 0.5) is 0 Å². The predicted molar refractivity (Wildman–Crippen MR) is 56.0 cm³/mol. The van der Waals surface area contributed by atoms with Gasteiger partial charge in [0.15, 0.2) is 0 Å². The molecule has 0 aromatic rings. The van der Waals surface area contributed by atoms with Crippen molar-refractivity contribution in [2.45, 2.75) is 44.1 Å². The van der Waals surface area contributed by atoms with Crippen molar-refractivity contribution in [3.8, 4) is 0 Å². The highest BCUT2D eigenvalue weighted by atomic mass is 16.3. The summed E-state index contributed by atoms with van der Waals surface area (Å²) in [7, 11) is 0. The van der Waals surface area contributed by atoms with Gasteiger partial charge in [-0.2, -0.15) is 0 Å². The maximum absolute atomic E-state index is 10.4. The molecule has 0 bridgehead atoms. The minimum atomic E-state index is -0.559. The van der Waals surface area contributed by atoms with Gasteiger partial charge >= 0.3 is 0 Å². The van der Waals surface area contributed by atoms with E-state index in [1.807, 2.05) is 12.2 Å². The van der Waals surface area contributed by atoms with Crippen LogP contribution in [0.3, 0.4) is 0 Å². The fourth-order valence-corrected chi connectivity index (χ4v) is 2.57. The smallest absolute Gasteiger partial charge is 0.111 e. The second-order valence-corrected chi connectivity index (χ2v) is 4.50. The molecule has 1 unspecified atom stereocenters. The van der Waals surface area contributed by atoms with Gasteiger partial charge in [-0.05, 0) is 31.4 Å². The molecule has 2 aliphatic rings. The Labute approximate surface area is 85.0 Å². The Balaban J connectivity index is 2.09. The largest absolute Gasteiger partial charge is 0.508 e. The van der Waals surface area contributed by atoms with E-state index in [1.165, 1.54) is 6.42 Å². The van der Waals surface area contributed by atoms with Crippen molar-refractivity contribution in [3.05, 3.63) is 24.0 Å². The van der Waals surface area contributed by atoms with Crippen molar-refractivity contribution in [1.29, 1.82) is 0 Å². The lowest BCUT2D eigenvalue weighted by Gasteiger charge is -2.38. The standard InChI is InChI=1S/C12H18O2/c13-11-6-4-5-10(9-11)12(14)7-2-1-3-8-12/h4,6,9-10,13-14H,1-3,5,7-8H2. The molecule has 1 atom stereocenters. The molecule has 0 heterocycles. The van der Waals surface area contributed by atoms with Crippen LogP contribution in [0, 0.1) is 5.92 Å². The average molecular weight is 194 g/mol. The van der Waals surface area contributed by atoms with Gasteiger partial charge in [0.05, 0.1) is 5.60 Å². The molecule has 2 nitrogen and oxygen atoms in total. The molecule has 2 heteroatoms. The van der Waals surface area contributed by atoms with Crippen LogP contribution in [0.2, 0.25) is 0 Å². The minimum Gasteiger partial charge on any atom is -0.508 e. The van der Waals surface area contributed by atoms with Crippen LogP contribution in [0.1, 0.15) is 38.5 Å². The van der Waals surface area contributed by atoms with Crippen LogP contribution in [-0.2, 0) is 0 Å². The summed E-state index contributed by atoms with van der Waals surface area (Å²) >= 11 is 0. The normalized spacial score (nSPS) is 31.2. The van der Waals surface area contributed by atoms with Crippen molar-refractivity contribution < 1.29 is 10.2 Å². The zero-order chi connectivity index (χ0) is 10.0. The van der Waals surface area contributed by atoms with Crippen LogP contribution in [-0.4, -0.2) is 15.8 Å². The number of aliphatic hydroxyl groups excluding tert-OH is 1. The van der Waals surface area contributed by atoms with Crippen LogP contribution in [0.5, 0.6) is 0 Å². The molecule has 0 radical (unpaired) electrons. The van der Waals surface area contributed by atoms with Gasteiger partial charge in [-0.25, -0.2) is 0 Å². The fourth-order valence-electron chi connectivity index (χ4n) is 2.57. The molecule has 0 amide bonds. The Hall–Kier alpha value is -0.760. The molecule has 2 aliphatic carbocycles. The van der Waals surface area contributed by atoms with Gasteiger partial charge in [-0.1, -0.05) is 25.3 Å². The van der Waals surface area contributed by atoms with Gasteiger partial charge in [0.2, 0.25) is 0 Å². The molecule has 0 aromatic heterocycles. The molecule has 1 saturated carbocycles. The molecule has 0 aliphatic heterocycles. The van der Waals surface area contributed by atoms with Gasteiger partial charge in [0.25, 0.3) is 0 Å². The van der Waals surface area contributed by atoms with E-state index >= 15 is 0 Å². The lowest BCUT2D eigenvalue weighted by molar-refractivity contribution is -0.0334. The van der Waals surface area contributed by atoms with Crippen molar-refractivity contribution in [3.63, 3.8) is 0 Å². The van der Waals surface area contributed by atoms with E-state index in [4.69, 9.17) is 0 Å². The molecule has 0 saturated heterocycles. The molecule has 0 spiro atoms. The summed E-state index contributed by atoms with van der Waals surface area (Å²) in [4.78, 5) is 0. The first-order valence-corrected chi connectivity index (χ1v) is 5.50. The van der Waals surface area contributed by atoms with Gasteiger partial charge < -0.3 is 10.2 Å². The Morgan fingerprint density at radius 2 is 1.93 bits per heavy atom. The minimum absolute atomic E-state index is 0.118. The van der Waals surface area contributed by atoms with Gasteiger partial charge in [-0.3, -0.25) is 0 Å². The lowest BCUT2D eigenvalue weighted by Crippen LogP contribution is -2.39. The summed E-state index contributed by atoms with van der Waals surface area (Å²) in [5.41, 5.74) is -0.559. The van der Waals surface area contributed by atoms with Crippen LogP contribution >= 0.6 is 0 Å². The predicted octanol–water partition coefficient (Wildman–Crippen LogP) is 2.70. The lowest BCUT2D eigenvalue weighted by atomic mass is 9.73. The van der Waals surface area contributed by atoms with E-state index in [-0.39, 0.29) is 5.92 Å². The number of allylic oxidation sites excluding steroid dienone is 2. The Bertz CT molecular complexity index is 259. The first kappa shape index (κ1) is 9.78. The molecule has 1 fully saturated rings. The summed E-state index contributed by atoms with van der Waals surface area (Å²) in [6, 6.07) is 0. The maximum Gasteiger partial charge on any atom is 0.111 e. The highest BCUT2D eigenvalue weighted by Crippen LogP contribution is 2.38. The third-order valence-corrected chi connectivity index (χ3v) is 3.46. The molecule has 2 N–H and O–H groups in total. The van der Waals surface area contributed by atoms with Gasteiger partial charge in [-0.15, -0.1) is 0 Å². The monoisotopic (exact) mass is 194 g/mol. The number of hydrogen-bond donors (Lipinski definition) is 2. The Morgan fingerprint density at radius 3 is 2.57 bits per heavy atom. The van der Waals surface area contributed by atoms with E-state index in [2.05, 4.69) is 0 Å². The van der Waals surface area contributed by atoms with Crippen LogP contribution < -0.4 is 0 Å². The highest BCUT2D eigenvalue weighted by molar-refractivity contribution is 5.20. The second kappa shape index (κ2) is 3.77. The molecular formula is C12H18O2. The van der Waals surface area contributed by atoms with E-state index in [0.29, 0.717) is 5.76 Å². The van der Waals surface area contributed by atoms with Gasteiger partial charge in [0.1, 0.15) is 5.76 Å². The van der Waals surface area contributed by atoms with E-state index in [9.17, 15) is 10.2 Å². The van der Waals surface area contributed by atoms with Crippen molar-refractivity contribution >= 4 is 0 Å². The molecule has 0 aromatic carbocycles. The van der Waals surface area contributed by atoms with Crippen molar-refractivity contribution in [2.24, 2.45) is 5.92 Å². The van der Waals surface area contributed by atoms with Gasteiger partial charge in [0, 0.05) is 5.92 Å². The number of rotatable bonds is 1. The second-order valence-electron chi connectivity index (χ2n) is 4.50. The number of aliphatic hydroxyl groups is 2. The van der Waals surface area contributed by atoms with Crippen LogP contribution in [0.25, 0.3) is 0 Å². The quantitative estimate of drug-likeness (QED) is 0.673. The summed E-state index contributed by atoms with van der Waals surface area (Å²) in [5.74, 6) is 0.424. The van der Waals surface area contributed by atoms with E-state index in [0.717, 1.165) is 32.1 Å². The molecule has 2 rings (SSSR count). The van der Waals surface area contributed by atoms with Crippen molar-refractivity contribution in [1.82, 2.24) is 0 Å². The summed E-state index contributed by atoms with van der Waals surface area (Å²) in [6.07, 6.45) is 11.6. The van der Waals surface area contributed by atoms with Crippen molar-refractivity contribution in [2.75, 3.05) is 0 Å². The Morgan fingerprint density at radius 1 is 1.21 bits per heavy atom. The number of hydrogen-bond acceptors (Lipinski definition) is 2. The van der Waals surface area contributed by atoms with E-state index < -0.39 is 5.60 Å². The molecule has 78 valence electrons. The summed E-state index contributed by atoms with van der Waals surface area (Å²) < 4.78 is 0. The average Bonchev–Trinajstić information content (AvgIpc) is 2.19. The van der Waals surface area contributed by atoms with Crippen LogP contribution in [0.15, 0.2) is 24.0 Å². The third kappa shape index (κ3) is 1.85. The SMILES string of the molecule is OC1=CC(C2(O)CCCCC2)CC=C1.